The molecule has 6 heteroatoms. The van der Waals surface area contributed by atoms with E-state index in [9.17, 15) is 4.91 Å². The van der Waals surface area contributed by atoms with E-state index in [0.29, 0.717) is 17.9 Å². The molecule has 0 aliphatic carbocycles. The Morgan fingerprint density at radius 3 is 2.48 bits per heavy atom. The van der Waals surface area contributed by atoms with Crippen LogP contribution in [-0.4, -0.2) is 27.0 Å². The number of hydrogen-bond donors (Lipinski definition) is 1. The van der Waals surface area contributed by atoms with Crippen molar-refractivity contribution < 1.29 is 14.9 Å². The normalized spacial score (nSPS) is 10.6. The van der Waals surface area contributed by atoms with Gasteiger partial charge in [0.25, 0.3) is 4.92 Å². The molecule has 0 radical (unpaired) electrons. The molecule has 1 N–H and O–H groups in total. The van der Waals surface area contributed by atoms with Gasteiger partial charge in [-0.05, 0) is 44.4 Å². The van der Waals surface area contributed by atoms with Crippen molar-refractivity contribution in [1.82, 2.24) is 9.78 Å². The van der Waals surface area contributed by atoms with Crippen LogP contribution in [-0.2, 0) is 13.0 Å². The Morgan fingerprint density at radius 1 is 1.29 bits per heavy atom. The second-order valence-electron chi connectivity index (χ2n) is 4.97. The van der Waals surface area contributed by atoms with Gasteiger partial charge in [-0.1, -0.05) is 12.1 Å². The Hall–Kier alpha value is -2.37. The van der Waals surface area contributed by atoms with E-state index in [4.69, 9.17) is 9.94 Å². The minimum absolute atomic E-state index is 0.113. The maximum Gasteiger partial charge on any atom is 0.359 e. The van der Waals surface area contributed by atoms with E-state index in [-0.39, 0.29) is 10.6 Å². The van der Waals surface area contributed by atoms with E-state index in [1.54, 1.807) is 25.6 Å². The first-order valence-corrected chi connectivity index (χ1v) is 6.86. The van der Waals surface area contributed by atoms with Gasteiger partial charge in [0.2, 0.25) is 0 Å². The lowest BCUT2D eigenvalue weighted by Crippen LogP contribution is -2.04. The highest BCUT2D eigenvalue weighted by Gasteiger charge is 2.25. The zero-order chi connectivity index (χ0) is 15.4. The summed E-state index contributed by atoms with van der Waals surface area (Å²) < 4.78 is 6.88. The molecule has 0 atom stereocenters. The Balaban J connectivity index is 1.97. The molecule has 0 aliphatic rings. The molecule has 0 unspecified atom stereocenters. The molecule has 1 aromatic carbocycles. The largest absolute Gasteiger partial charge is 0.497 e. The number of rotatable bonds is 6. The first-order valence-electron chi connectivity index (χ1n) is 6.86. The van der Waals surface area contributed by atoms with Crippen molar-refractivity contribution in [3.63, 3.8) is 0 Å². The summed E-state index contributed by atoms with van der Waals surface area (Å²) in [5, 5.41) is 13.3. The minimum Gasteiger partial charge on any atom is -0.497 e. The summed E-state index contributed by atoms with van der Waals surface area (Å²) in [4.78, 5) is 10.9. The Labute approximate surface area is 123 Å². The third-order valence-corrected chi connectivity index (χ3v) is 3.53. The molecule has 0 fully saturated rings. The van der Waals surface area contributed by atoms with Gasteiger partial charge in [0.1, 0.15) is 17.1 Å². The summed E-state index contributed by atoms with van der Waals surface area (Å²) >= 11 is 0. The highest BCUT2D eigenvalue weighted by atomic mass is 16.6. The van der Waals surface area contributed by atoms with Crippen LogP contribution in [0.2, 0.25) is 0 Å². The second-order valence-corrected chi connectivity index (χ2v) is 4.97. The lowest BCUT2D eigenvalue weighted by Gasteiger charge is -2.05. The zero-order valence-corrected chi connectivity index (χ0v) is 12.5. The maximum absolute atomic E-state index is 11.1. The average Bonchev–Trinajstić information content (AvgIpc) is 2.74. The van der Waals surface area contributed by atoms with E-state index in [1.165, 1.54) is 5.56 Å². The molecular weight excluding hydrogens is 270 g/mol. The third kappa shape index (κ3) is 3.39. The van der Waals surface area contributed by atoms with Crippen LogP contribution >= 0.6 is 0 Å². The molecule has 0 saturated carbocycles. The van der Waals surface area contributed by atoms with Crippen LogP contribution in [0.4, 0.5) is 5.69 Å². The summed E-state index contributed by atoms with van der Waals surface area (Å²) in [5.41, 5.74) is 2.68. The first kappa shape index (κ1) is 15.0. The van der Waals surface area contributed by atoms with Gasteiger partial charge in [0.15, 0.2) is 0 Å². The quantitative estimate of drug-likeness (QED) is 0.831. The lowest BCUT2D eigenvalue weighted by molar-refractivity contribution is -0.730. The average molecular weight is 290 g/mol. The Morgan fingerprint density at radius 2 is 1.95 bits per heavy atom. The highest BCUT2D eigenvalue weighted by molar-refractivity contribution is 5.38. The van der Waals surface area contributed by atoms with Gasteiger partial charge in [-0.2, -0.15) is 5.10 Å². The van der Waals surface area contributed by atoms with Crippen LogP contribution in [0.3, 0.4) is 0 Å². The van der Waals surface area contributed by atoms with Gasteiger partial charge in [0.05, 0.1) is 12.0 Å². The molecule has 6 nitrogen and oxygen atoms in total. The summed E-state index contributed by atoms with van der Waals surface area (Å²) in [6.07, 6.45) is 1.82. The number of ether oxygens (including phenoxy) is 1. The monoisotopic (exact) mass is 290 g/mol. The standard InChI is InChI=1S/C15H20N3O3/c1-11-15(18(19)20)12(2)17(16-11)10-4-5-13-6-8-14(21-3)9-7-13/h6-9H,4-5,10H2,1-3H3,(H,19,20)/q+1. The third-order valence-electron chi connectivity index (χ3n) is 3.53. The maximum atomic E-state index is 11.1. The fourth-order valence-electron chi connectivity index (χ4n) is 2.41. The Kier molecular flexibility index (Phi) is 4.57. The van der Waals surface area contributed by atoms with Gasteiger partial charge in [-0.15, -0.1) is 0 Å². The van der Waals surface area contributed by atoms with Crippen LogP contribution in [0.15, 0.2) is 24.3 Å². The lowest BCUT2D eigenvalue weighted by atomic mass is 10.1. The molecule has 0 bridgehead atoms. The van der Waals surface area contributed by atoms with Crippen LogP contribution in [0.1, 0.15) is 23.4 Å². The van der Waals surface area contributed by atoms with Crippen molar-refractivity contribution >= 4 is 5.69 Å². The topological polar surface area (TPSA) is 67.4 Å². The fourth-order valence-corrected chi connectivity index (χ4v) is 2.41. The van der Waals surface area contributed by atoms with E-state index in [1.807, 2.05) is 24.3 Å². The van der Waals surface area contributed by atoms with E-state index >= 15 is 0 Å². The van der Waals surface area contributed by atoms with Gasteiger partial charge in [-0.3, -0.25) is 4.68 Å². The van der Waals surface area contributed by atoms with Crippen LogP contribution < -0.4 is 4.74 Å². The first-order chi connectivity index (χ1) is 10.0. The smallest absolute Gasteiger partial charge is 0.359 e. The molecule has 2 aromatic rings. The number of benzene rings is 1. The number of nitrogens with zero attached hydrogens (tertiary/aromatic N) is 3. The molecule has 0 amide bonds. The number of hydrogen-bond acceptors (Lipinski definition) is 3. The van der Waals surface area contributed by atoms with Crippen LogP contribution in [0.25, 0.3) is 0 Å². The van der Waals surface area contributed by atoms with Crippen molar-refractivity contribution in [3.8, 4) is 5.75 Å². The molecule has 0 aliphatic heterocycles. The predicted molar refractivity (Wildman–Crippen MR) is 78.1 cm³/mol. The van der Waals surface area contributed by atoms with Crippen molar-refractivity contribution in [1.29, 1.82) is 0 Å². The summed E-state index contributed by atoms with van der Waals surface area (Å²) in [6, 6.07) is 7.97. The highest BCUT2D eigenvalue weighted by Crippen LogP contribution is 2.21. The Bertz CT molecular complexity index is 632. The van der Waals surface area contributed by atoms with Crippen molar-refractivity contribution in [3.05, 3.63) is 46.1 Å². The molecule has 112 valence electrons. The van der Waals surface area contributed by atoms with Gasteiger partial charge >= 0.3 is 5.69 Å². The van der Waals surface area contributed by atoms with Crippen LogP contribution in [0.5, 0.6) is 5.75 Å². The van der Waals surface area contributed by atoms with E-state index < -0.39 is 0 Å². The molecule has 21 heavy (non-hydrogen) atoms. The summed E-state index contributed by atoms with van der Waals surface area (Å²) in [7, 11) is 1.65. The molecular formula is C15H20N3O3+. The zero-order valence-electron chi connectivity index (χ0n) is 12.5. The minimum atomic E-state index is -0.113. The number of aromatic nitrogens is 2. The van der Waals surface area contributed by atoms with E-state index in [2.05, 4.69) is 5.10 Å². The van der Waals surface area contributed by atoms with Crippen molar-refractivity contribution in [2.24, 2.45) is 0 Å². The summed E-state index contributed by atoms with van der Waals surface area (Å²) in [6.45, 7) is 4.19. The van der Waals surface area contributed by atoms with Gasteiger partial charge in [-0.25, -0.2) is 5.21 Å². The fraction of sp³-hybridized carbons (Fsp3) is 0.400. The molecule has 2 rings (SSSR count). The van der Waals surface area contributed by atoms with Crippen LogP contribution in [0, 0.1) is 18.8 Å². The van der Waals surface area contributed by atoms with Crippen molar-refractivity contribution in [2.75, 3.05) is 7.11 Å². The molecule has 0 saturated heterocycles. The number of aryl methyl sites for hydroxylation is 3. The van der Waals surface area contributed by atoms with Crippen molar-refractivity contribution in [2.45, 2.75) is 33.2 Å². The molecule has 0 spiro atoms. The number of methoxy groups -OCH3 is 1. The predicted octanol–water partition coefficient (Wildman–Crippen LogP) is 2.94. The SMILES string of the molecule is COc1ccc(CCCn2nc(C)c([N+](=O)O)c2C)cc1. The molecule has 1 heterocycles. The van der Waals surface area contributed by atoms with Gasteiger partial charge < -0.3 is 4.74 Å². The second kappa shape index (κ2) is 6.39. The molecule has 1 aromatic heterocycles. The van der Waals surface area contributed by atoms with E-state index in [0.717, 1.165) is 18.6 Å². The van der Waals surface area contributed by atoms with Gasteiger partial charge in [0, 0.05) is 6.54 Å². The summed E-state index contributed by atoms with van der Waals surface area (Å²) in [5.74, 6) is 0.848.